The molecule has 6 heteroatoms. The van der Waals surface area contributed by atoms with Gasteiger partial charge in [-0.25, -0.2) is 0 Å². The number of carboxylic acid groups (broad SMARTS) is 1. The second kappa shape index (κ2) is 7.47. The number of carbonyl (C=O) groups excluding carboxylic acids is 1. The van der Waals surface area contributed by atoms with Crippen LogP contribution >= 0.6 is 11.8 Å². The Bertz CT molecular complexity index is 520. The third-order valence-corrected chi connectivity index (χ3v) is 4.41. The average Bonchev–Trinajstić information content (AvgIpc) is 2.50. The van der Waals surface area contributed by atoms with Crippen molar-refractivity contribution in [2.75, 3.05) is 31.8 Å². The fourth-order valence-electron chi connectivity index (χ4n) is 2.40. The van der Waals surface area contributed by atoms with E-state index in [1.807, 2.05) is 24.3 Å². The van der Waals surface area contributed by atoms with Gasteiger partial charge in [-0.2, -0.15) is 0 Å². The lowest BCUT2D eigenvalue weighted by atomic mass is 9.90. The van der Waals surface area contributed by atoms with E-state index in [0.717, 1.165) is 16.9 Å². The van der Waals surface area contributed by atoms with Gasteiger partial charge < -0.3 is 14.7 Å². The summed E-state index contributed by atoms with van der Waals surface area (Å²) in [6.07, 6.45) is 0. The Labute approximate surface area is 128 Å². The fraction of sp³-hybridized carbons (Fsp3) is 0.467. The van der Waals surface area contributed by atoms with Crippen molar-refractivity contribution in [1.82, 2.24) is 4.90 Å². The highest BCUT2D eigenvalue weighted by Crippen LogP contribution is 2.28. The van der Waals surface area contributed by atoms with Gasteiger partial charge in [-0.1, -0.05) is 24.3 Å². The average molecular weight is 309 g/mol. The van der Waals surface area contributed by atoms with Crippen LogP contribution in [0.25, 0.3) is 0 Å². The Hall–Kier alpha value is -1.53. The minimum Gasteiger partial charge on any atom is -0.481 e. The monoisotopic (exact) mass is 309 g/mol. The van der Waals surface area contributed by atoms with Crippen molar-refractivity contribution < 1.29 is 19.4 Å². The van der Waals surface area contributed by atoms with Crippen molar-refractivity contribution in [3.05, 3.63) is 35.4 Å². The SMILES string of the molecule is COCCSCC(=O)N1Cc2ccccc2C(C(=O)O)C1. The van der Waals surface area contributed by atoms with E-state index in [1.54, 1.807) is 12.0 Å². The molecule has 1 aromatic carbocycles. The van der Waals surface area contributed by atoms with Crippen molar-refractivity contribution in [3.8, 4) is 0 Å². The van der Waals surface area contributed by atoms with E-state index in [0.29, 0.717) is 18.9 Å². The highest BCUT2D eigenvalue weighted by atomic mass is 32.2. The number of rotatable bonds is 6. The number of hydrogen-bond donors (Lipinski definition) is 1. The summed E-state index contributed by atoms with van der Waals surface area (Å²) in [5.74, 6) is -0.417. The number of amides is 1. The Balaban J connectivity index is 2.03. The molecule has 0 radical (unpaired) electrons. The second-order valence-corrected chi connectivity index (χ2v) is 6.01. The Morgan fingerprint density at radius 1 is 1.43 bits per heavy atom. The number of carboxylic acids is 1. The normalized spacial score (nSPS) is 17.4. The van der Waals surface area contributed by atoms with Gasteiger partial charge in [0.1, 0.15) is 0 Å². The number of thioether (sulfide) groups is 1. The predicted molar refractivity (Wildman–Crippen MR) is 81.4 cm³/mol. The molecule has 1 atom stereocenters. The quantitative estimate of drug-likeness (QED) is 0.808. The predicted octanol–water partition coefficient (Wildman–Crippen LogP) is 1.58. The maximum Gasteiger partial charge on any atom is 0.312 e. The minimum atomic E-state index is -0.882. The van der Waals surface area contributed by atoms with Crippen molar-refractivity contribution in [2.45, 2.75) is 12.5 Å². The zero-order valence-electron chi connectivity index (χ0n) is 11.9. The summed E-state index contributed by atoms with van der Waals surface area (Å²) in [4.78, 5) is 25.3. The van der Waals surface area contributed by atoms with Crippen LogP contribution in [0.5, 0.6) is 0 Å². The molecular weight excluding hydrogens is 290 g/mol. The van der Waals surface area contributed by atoms with E-state index in [9.17, 15) is 14.7 Å². The fourth-order valence-corrected chi connectivity index (χ4v) is 3.19. The third kappa shape index (κ3) is 3.98. The van der Waals surface area contributed by atoms with E-state index in [1.165, 1.54) is 11.8 Å². The number of ether oxygens (including phenoxy) is 1. The Morgan fingerprint density at radius 2 is 2.19 bits per heavy atom. The zero-order valence-corrected chi connectivity index (χ0v) is 12.8. The summed E-state index contributed by atoms with van der Waals surface area (Å²) in [6.45, 7) is 1.35. The summed E-state index contributed by atoms with van der Waals surface area (Å²) in [6, 6.07) is 7.44. The van der Waals surface area contributed by atoms with Gasteiger partial charge in [0.05, 0.1) is 18.3 Å². The largest absolute Gasteiger partial charge is 0.481 e. The van der Waals surface area contributed by atoms with Crippen molar-refractivity contribution >= 4 is 23.6 Å². The molecular formula is C15H19NO4S. The molecule has 1 heterocycles. The molecule has 1 amide bonds. The summed E-state index contributed by atoms with van der Waals surface area (Å²) in [5.41, 5.74) is 1.74. The molecule has 0 saturated carbocycles. The van der Waals surface area contributed by atoms with Crippen LogP contribution in [-0.2, 0) is 20.9 Å². The molecule has 114 valence electrons. The number of benzene rings is 1. The van der Waals surface area contributed by atoms with Crippen LogP contribution in [0.3, 0.4) is 0 Å². The lowest BCUT2D eigenvalue weighted by Gasteiger charge is -2.32. The maximum atomic E-state index is 12.2. The molecule has 1 N–H and O–H groups in total. The Kier molecular flexibility index (Phi) is 5.64. The van der Waals surface area contributed by atoms with Gasteiger partial charge in [0.2, 0.25) is 5.91 Å². The topological polar surface area (TPSA) is 66.8 Å². The van der Waals surface area contributed by atoms with Crippen molar-refractivity contribution in [2.24, 2.45) is 0 Å². The lowest BCUT2D eigenvalue weighted by Crippen LogP contribution is -2.41. The summed E-state index contributed by atoms with van der Waals surface area (Å²) in [5, 5.41) is 9.37. The van der Waals surface area contributed by atoms with Gasteiger partial charge in [0, 0.05) is 26.0 Å². The molecule has 21 heavy (non-hydrogen) atoms. The van der Waals surface area contributed by atoms with Crippen LogP contribution in [0.1, 0.15) is 17.0 Å². The summed E-state index contributed by atoms with van der Waals surface area (Å²) < 4.78 is 4.94. The molecule has 0 aliphatic carbocycles. The number of fused-ring (bicyclic) bond motifs is 1. The maximum absolute atomic E-state index is 12.2. The molecule has 0 spiro atoms. The second-order valence-electron chi connectivity index (χ2n) is 4.91. The molecule has 0 saturated heterocycles. The van der Waals surface area contributed by atoms with Crippen LogP contribution < -0.4 is 0 Å². The Morgan fingerprint density at radius 3 is 2.90 bits per heavy atom. The first-order valence-electron chi connectivity index (χ1n) is 6.78. The standard InChI is InChI=1S/C15H19NO4S/c1-20-6-7-21-10-14(17)16-8-11-4-2-3-5-12(11)13(9-16)15(18)19/h2-5,13H,6-10H2,1H3,(H,18,19). The van der Waals surface area contributed by atoms with E-state index < -0.39 is 11.9 Å². The molecule has 0 fully saturated rings. The van der Waals surface area contributed by atoms with Gasteiger partial charge in [-0.05, 0) is 11.1 Å². The first-order valence-corrected chi connectivity index (χ1v) is 7.94. The first-order chi connectivity index (χ1) is 10.1. The molecule has 0 aromatic heterocycles. The van der Waals surface area contributed by atoms with Crippen LogP contribution in [-0.4, -0.2) is 53.7 Å². The van der Waals surface area contributed by atoms with Gasteiger partial charge in [0.15, 0.2) is 0 Å². The van der Waals surface area contributed by atoms with Crippen molar-refractivity contribution in [3.63, 3.8) is 0 Å². The van der Waals surface area contributed by atoms with Gasteiger partial charge >= 0.3 is 5.97 Å². The smallest absolute Gasteiger partial charge is 0.312 e. The lowest BCUT2D eigenvalue weighted by molar-refractivity contribution is -0.140. The number of aliphatic carboxylic acids is 1. The van der Waals surface area contributed by atoms with E-state index in [2.05, 4.69) is 0 Å². The van der Waals surface area contributed by atoms with Gasteiger partial charge in [-0.3, -0.25) is 9.59 Å². The van der Waals surface area contributed by atoms with E-state index in [-0.39, 0.29) is 12.5 Å². The molecule has 0 bridgehead atoms. The molecule has 2 rings (SSSR count). The number of hydrogen-bond acceptors (Lipinski definition) is 4. The van der Waals surface area contributed by atoms with Crippen molar-refractivity contribution in [1.29, 1.82) is 0 Å². The van der Waals surface area contributed by atoms with Crippen LogP contribution in [0, 0.1) is 0 Å². The molecule has 1 aliphatic heterocycles. The first kappa shape index (κ1) is 15.9. The van der Waals surface area contributed by atoms with Crippen LogP contribution in [0.4, 0.5) is 0 Å². The van der Waals surface area contributed by atoms with E-state index in [4.69, 9.17) is 4.74 Å². The number of nitrogens with zero attached hydrogens (tertiary/aromatic N) is 1. The highest BCUT2D eigenvalue weighted by molar-refractivity contribution is 7.99. The molecule has 1 aliphatic rings. The molecule has 5 nitrogen and oxygen atoms in total. The zero-order chi connectivity index (χ0) is 15.2. The molecule has 1 aromatic rings. The number of methoxy groups -OCH3 is 1. The molecule has 1 unspecified atom stereocenters. The summed E-state index contributed by atoms with van der Waals surface area (Å²) in [7, 11) is 1.63. The van der Waals surface area contributed by atoms with Crippen LogP contribution in [0.15, 0.2) is 24.3 Å². The van der Waals surface area contributed by atoms with E-state index >= 15 is 0 Å². The van der Waals surface area contributed by atoms with Gasteiger partial charge in [-0.15, -0.1) is 11.8 Å². The highest BCUT2D eigenvalue weighted by Gasteiger charge is 2.32. The summed E-state index contributed by atoms with van der Waals surface area (Å²) >= 11 is 1.51. The third-order valence-electron chi connectivity index (χ3n) is 3.50. The minimum absolute atomic E-state index is 0.0168. The number of carbonyl (C=O) groups is 2. The van der Waals surface area contributed by atoms with Gasteiger partial charge in [0.25, 0.3) is 0 Å². The van der Waals surface area contributed by atoms with Crippen LogP contribution in [0.2, 0.25) is 0 Å².